The van der Waals surface area contributed by atoms with Crippen LogP contribution in [0.25, 0.3) is 27.7 Å². The van der Waals surface area contributed by atoms with E-state index < -0.39 is 36.8 Å². The van der Waals surface area contributed by atoms with Crippen molar-refractivity contribution in [3.63, 3.8) is 0 Å². The summed E-state index contributed by atoms with van der Waals surface area (Å²) in [5.74, 6) is -4.31. The zero-order valence-corrected chi connectivity index (χ0v) is 19.8. The zero-order chi connectivity index (χ0) is 25.8. The van der Waals surface area contributed by atoms with E-state index in [1.165, 1.54) is 22.6 Å². The van der Waals surface area contributed by atoms with Crippen molar-refractivity contribution in [1.29, 1.82) is 0 Å². The van der Waals surface area contributed by atoms with Crippen molar-refractivity contribution < 1.29 is 26.7 Å². The summed E-state index contributed by atoms with van der Waals surface area (Å²) in [5.41, 5.74) is 0.533. The van der Waals surface area contributed by atoms with Crippen LogP contribution in [0.2, 0.25) is 0 Å². The molecule has 4 heterocycles. The first-order valence-electron chi connectivity index (χ1n) is 11.3. The number of nitrogens with zero attached hydrogens (tertiary/aromatic N) is 6. The van der Waals surface area contributed by atoms with Crippen molar-refractivity contribution in [2.45, 2.75) is 31.9 Å². The lowest BCUT2D eigenvalue weighted by atomic mass is 10.0. The lowest BCUT2D eigenvalue weighted by molar-refractivity contribution is -0.0675. The van der Waals surface area contributed by atoms with Gasteiger partial charge in [0.15, 0.2) is 11.6 Å². The fraction of sp³-hybridized carbons (Fsp3) is 0.435. The Morgan fingerprint density at radius 1 is 1.19 bits per heavy atom. The van der Waals surface area contributed by atoms with Gasteiger partial charge >= 0.3 is 0 Å². The van der Waals surface area contributed by atoms with Crippen LogP contribution >= 0.6 is 0 Å². The van der Waals surface area contributed by atoms with E-state index in [2.05, 4.69) is 20.4 Å². The minimum absolute atomic E-state index is 0.0345. The second-order valence-electron chi connectivity index (χ2n) is 8.90. The lowest BCUT2D eigenvalue weighted by Gasteiger charge is -2.36. The average Bonchev–Trinajstić information content (AvgIpc) is 3.31. The Morgan fingerprint density at radius 3 is 2.67 bits per heavy atom. The first kappa shape index (κ1) is 24.2. The van der Waals surface area contributed by atoms with E-state index in [1.54, 1.807) is 14.0 Å². The van der Waals surface area contributed by atoms with Gasteiger partial charge in [-0.15, -0.1) is 5.10 Å². The largest absolute Gasteiger partial charge is 0.479 e. The van der Waals surface area contributed by atoms with E-state index in [1.807, 2.05) is 0 Å². The number of nitrogens with one attached hydrogen (secondary N) is 1. The predicted molar refractivity (Wildman–Crippen MR) is 123 cm³/mol. The topological polar surface area (TPSA) is 72.5 Å². The first-order valence-corrected chi connectivity index (χ1v) is 11.3. The van der Waals surface area contributed by atoms with Gasteiger partial charge in [-0.05, 0) is 38.1 Å². The van der Waals surface area contributed by atoms with Gasteiger partial charge in [0.25, 0.3) is 5.92 Å². The number of alkyl halides is 3. The smallest absolute Gasteiger partial charge is 0.280 e. The van der Waals surface area contributed by atoms with Gasteiger partial charge in [0.2, 0.25) is 11.8 Å². The maximum atomic E-state index is 15.3. The van der Waals surface area contributed by atoms with Gasteiger partial charge in [0, 0.05) is 6.54 Å². The van der Waals surface area contributed by atoms with E-state index >= 15 is 4.39 Å². The molecule has 0 bridgehead atoms. The molecule has 1 saturated heterocycles. The van der Waals surface area contributed by atoms with Crippen LogP contribution in [0.15, 0.2) is 18.3 Å². The number of fused-ring (bicyclic) bond motifs is 2. The van der Waals surface area contributed by atoms with E-state index in [0.717, 1.165) is 16.8 Å². The second-order valence-corrected chi connectivity index (χ2v) is 8.90. The highest BCUT2D eigenvalue weighted by Crippen LogP contribution is 2.37. The monoisotopic (exact) mass is 509 g/mol. The zero-order valence-electron chi connectivity index (χ0n) is 19.8. The van der Waals surface area contributed by atoms with Crippen molar-refractivity contribution in [1.82, 2.24) is 29.0 Å². The number of methoxy groups -OCH3 is 1. The molecular formula is C23H24F5N7O. The Hall–Kier alpha value is -3.48. The maximum absolute atomic E-state index is 15.3. The van der Waals surface area contributed by atoms with Gasteiger partial charge in [-0.2, -0.15) is 4.98 Å². The summed E-state index contributed by atoms with van der Waals surface area (Å²) in [6.45, 7) is 0.950. The number of hydrogen-bond donors (Lipinski definition) is 1. The molecule has 0 aliphatic carbocycles. The summed E-state index contributed by atoms with van der Waals surface area (Å²) < 4.78 is 80.3. The summed E-state index contributed by atoms with van der Waals surface area (Å²) in [6.07, 6.45) is 1.20. The number of likely N-dealkylation sites (tertiary alicyclic amines) is 1. The fourth-order valence-corrected chi connectivity index (χ4v) is 4.75. The third-order valence-corrected chi connectivity index (χ3v) is 6.43. The molecular weight excluding hydrogens is 485 g/mol. The summed E-state index contributed by atoms with van der Waals surface area (Å²) in [4.78, 5) is 9.88. The van der Waals surface area contributed by atoms with Crippen molar-refractivity contribution >= 4 is 22.5 Å². The van der Waals surface area contributed by atoms with E-state index in [-0.39, 0.29) is 47.0 Å². The third-order valence-electron chi connectivity index (χ3n) is 6.43. The number of halogens is 5. The van der Waals surface area contributed by atoms with Crippen LogP contribution < -0.4 is 10.1 Å². The predicted octanol–water partition coefficient (Wildman–Crippen LogP) is 4.06. The van der Waals surface area contributed by atoms with Gasteiger partial charge in [-0.3, -0.25) is 0 Å². The number of piperidine rings is 1. The molecule has 0 spiro atoms. The fourth-order valence-electron chi connectivity index (χ4n) is 4.75. The number of ether oxygens (including phenoxy) is 1. The first-order chi connectivity index (χ1) is 17.1. The standard InChI is InChI=1S/C23H24F5N7O/c1-12-29-19-14(25)8-13(9-16(19)34(12)7-5-24)18-15(26)10-35-20(18)21(36-3)31-22(32-35)30-17-4-6-33(2)11-23(17,27)28/h8-10,17H,4-7,11H2,1-3H3,(H,30,32). The summed E-state index contributed by atoms with van der Waals surface area (Å²) in [5, 5.41) is 6.83. The van der Waals surface area contributed by atoms with E-state index in [0.29, 0.717) is 17.9 Å². The molecule has 0 amide bonds. The SMILES string of the molecule is COc1nc(NC2CCN(C)CC2(F)F)nn2cc(F)c(-c3cc(F)c4nc(C)n(CCF)c4c3)c12. The van der Waals surface area contributed by atoms with Crippen molar-refractivity contribution in [3.05, 3.63) is 35.8 Å². The number of aromatic nitrogens is 5. The van der Waals surface area contributed by atoms with Crippen LogP contribution in [0, 0.1) is 18.6 Å². The van der Waals surface area contributed by atoms with E-state index in [9.17, 15) is 17.6 Å². The quantitative estimate of drug-likeness (QED) is 0.396. The van der Waals surface area contributed by atoms with Gasteiger partial charge in [0.05, 0.1) is 43.5 Å². The van der Waals surface area contributed by atoms with Gasteiger partial charge in [-0.25, -0.2) is 31.5 Å². The molecule has 8 nitrogen and oxygen atoms in total. The van der Waals surface area contributed by atoms with Gasteiger partial charge in [0.1, 0.15) is 23.5 Å². The molecule has 5 rings (SSSR count). The number of hydrogen-bond acceptors (Lipinski definition) is 6. The molecule has 1 aliphatic heterocycles. The number of benzene rings is 1. The Morgan fingerprint density at radius 2 is 1.97 bits per heavy atom. The number of aryl methyl sites for hydroxylation is 2. The molecule has 36 heavy (non-hydrogen) atoms. The van der Waals surface area contributed by atoms with Crippen LogP contribution in [0.4, 0.5) is 27.9 Å². The molecule has 192 valence electrons. The molecule has 0 radical (unpaired) electrons. The van der Waals surface area contributed by atoms with Crippen molar-refractivity contribution in [2.75, 3.05) is 39.2 Å². The highest BCUT2D eigenvalue weighted by Gasteiger charge is 2.44. The van der Waals surface area contributed by atoms with E-state index in [4.69, 9.17) is 4.74 Å². The summed E-state index contributed by atoms with van der Waals surface area (Å²) in [7, 11) is 2.92. The Balaban J connectivity index is 1.61. The molecule has 3 aromatic heterocycles. The van der Waals surface area contributed by atoms with Crippen LogP contribution in [0.1, 0.15) is 12.2 Å². The highest BCUT2D eigenvalue weighted by atomic mass is 19.3. The number of anilines is 1. The van der Waals surface area contributed by atoms with Gasteiger partial charge < -0.3 is 19.5 Å². The summed E-state index contributed by atoms with van der Waals surface area (Å²) in [6, 6.07) is 1.42. The van der Waals surface area contributed by atoms with Crippen LogP contribution in [-0.4, -0.2) is 74.9 Å². The highest BCUT2D eigenvalue weighted by molar-refractivity contribution is 5.90. The molecule has 13 heteroatoms. The summed E-state index contributed by atoms with van der Waals surface area (Å²) >= 11 is 0. The third kappa shape index (κ3) is 4.00. The molecule has 1 fully saturated rings. The maximum Gasteiger partial charge on any atom is 0.280 e. The normalized spacial score (nSPS) is 18.3. The molecule has 1 N–H and O–H groups in total. The molecule has 0 saturated carbocycles. The average molecular weight is 509 g/mol. The van der Waals surface area contributed by atoms with Gasteiger partial charge in [-0.1, -0.05) is 0 Å². The Bertz CT molecular complexity index is 1450. The molecule has 1 unspecified atom stereocenters. The second kappa shape index (κ2) is 8.87. The van der Waals surface area contributed by atoms with Crippen molar-refractivity contribution in [2.24, 2.45) is 0 Å². The molecule has 1 aliphatic rings. The number of imidazole rings is 1. The minimum atomic E-state index is -3.03. The van der Waals surface area contributed by atoms with Crippen molar-refractivity contribution in [3.8, 4) is 17.0 Å². The van der Waals surface area contributed by atoms with Crippen LogP contribution in [0.3, 0.4) is 0 Å². The number of rotatable bonds is 6. The lowest BCUT2D eigenvalue weighted by Crippen LogP contribution is -2.53. The molecule has 4 aromatic rings. The molecule has 1 atom stereocenters. The minimum Gasteiger partial charge on any atom is -0.479 e. The van der Waals surface area contributed by atoms with Crippen LogP contribution in [0.5, 0.6) is 5.88 Å². The Kier molecular flexibility index (Phi) is 5.97. The van der Waals surface area contributed by atoms with Crippen LogP contribution in [-0.2, 0) is 6.54 Å². The Labute approximate surface area is 202 Å². The molecule has 1 aromatic carbocycles.